The van der Waals surface area contributed by atoms with Crippen LogP contribution in [-0.2, 0) is 10.2 Å². The number of benzene rings is 2. The number of amides is 3. The first kappa shape index (κ1) is 29.5. The Balaban J connectivity index is 1.59. The minimum absolute atomic E-state index is 0.148. The van der Waals surface area contributed by atoms with Gasteiger partial charge in [0.25, 0.3) is 0 Å². The van der Waals surface area contributed by atoms with E-state index in [0.29, 0.717) is 18.1 Å². The van der Waals surface area contributed by atoms with E-state index in [0.717, 1.165) is 38.0 Å². The fraction of sp³-hybridized carbons (Fsp3) is 0.290. The van der Waals surface area contributed by atoms with Crippen LogP contribution in [0.4, 0.5) is 26.8 Å². The molecule has 0 spiro atoms. The highest BCUT2D eigenvalue weighted by Crippen LogP contribution is 2.41. The number of pyridine rings is 1. The van der Waals surface area contributed by atoms with E-state index in [9.17, 15) is 9.59 Å². The number of carbonyl (C=O) groups is 2. The Morgan fingerprint density at radius 1 is 0.976 bits per heavy atom. The SMILES string of the molecule is COC(=O)N[C@@H](C)CNc1cc(-c2nc(C(C)(C)C)sc2-c2cccc(NC(=O)Nc3ccc(C)cc3)c2)ccn1. The van der Waals surface area contributed by atoms with E-state index in [1.807, 2.05) is 74.5 Å². The molecule has 10 heteroatoms. The van der Waals surface area contributed by atoms with Crippen LogP contribution in [0.25, 0.3) is 21.7 Å². The molecular weight excluding hydrogens is 536 g/mol. The lowest BCUT2D eigenvalue weighted by Gasteiger charge is -2.14. The third-order valence-electron chi connectivity index (χ3n) is 6.13. The zero-order chi connectivity index (χ0) is 29.6. The van der Waals surface area contributed by atoms with Gasteiger partial charge in [-0.2, -0.15) is 0 Å². The second kappa shape index (κ2) is 12.8. The Kier molecular flexibility index (Phi) is 9.24. The van der Waals surface area contributed by atoms with Crippen LogP contribution in [0.15, 0.2) is 66.9 Å². The van der Waals surface area contributed by atoms with Crippen LogP contribution in [0.5, 0.6) is 0 Å². The highest BCUT2D eigenvalue weighted by Gasteiger charge is 2.24. The molecule has 41 heavy (non-hydrogen) atoms. The lowest BCUT2D eigenvalue weighted by atomic mass is 9.98. The molecular formula is C31H36N6O3S. The topological polar surface area (TPSA) is 117 Å². The minimum atomic E-state index is -0.479. The number of aromatic nitrogens is 2. The molecule has 214 valence electrons. The summed E-state index contributed by atoms with van der Waals surface area (Å²) in [5.41, 5.74) is 5.07. The summed E-state index contributed by atoms with van der Waals surface area (Å²) in [4.78, 5) is 34.7. The first-order valence-corrected chi connectivity index (χ1v) is 14.1. The van der Waals surface area contributed by atoms with E-state index in [1.54, 1.807) is 17.5 Å². The molecule has 4 aromatic rings. The smallest absolute Gasteiger partial charge is 0.407 e. The number of urea groups is 1. The number of carbonyl (C=O) groups excluding carboxylic acids is 2. The van der Waals surface area contributed by atoms with E-state index in [2.05, 4.69) is 51.8 Å². The summed E-state index contributed by atoms with van der Waals surface area (Å²) in [6, 6.07) is 18.8. The first-order chi connectivity index (χ1) is 19.5. The largest absolute Gasteiger partial charge is 0.453 e. The maximum absolute atomic E-state index is 12.7. The van der Waals surface area contributed by atoms with Crippen LogP contribution in [-0.4, -0.2) is 41.8 Å². The summed E-state index contributed by atoms with van der Waals surface area (Å²) in [5.74, 6) is 0.667. The Labute approximate surface area is 244 Å². The zero-order valence-corrected chi connectivity index (χ0v) is 25.0. The Morgan fingerprint density at radius 2 is 1.71 bits per heavy atom. The Hall–Kier alpha value is -4.44. The number of ether oxygens (including phenoxy) is 1. The molecule has 0 saturated heterocycles. The lowest BCUT2D eigenvalue weighted by molar-refractivity contribution is 0.168. The molecule has 2 aromatic carbocycles. The van der Waals surface area contributed by atoms with Gasteiger partial charge in [0.05, 0.1) is 22.7 Å². The quantitative estimate of drug-likeness (QED) is 0.176. The number of alkyl carbamates (subject to hydrolysis) is 1. The average molecular weight is 573 g/mol. The molecule has 9 nitrogen and oxygen atoms in total. The molecule has 0 unspecified atom stereocenters. The molecule has 0 bridgehead atoms. The number of thiazole rings is 1. The number of aryl methyl sites for hydroxylation is 1. The van der Waals surface area contributed by atoms with Gasteiger partial charge in [0.1, 0.15) is 5.82 Å². The summed E-state index contributed by atoms with van der Waals surface area (Å²) < 4.78 is 4.67. The first-order valence-electron chi connectivity index (χ1n) is 13.3. The highest BCUT2D eigenvalue weighted by atomic mass is 32.1. The Morgan fingerprint density at radius 3 is 2.41 bits per heavy atom. The zero-order valence-electron chi connectivity index (χ0n) is 24.2. The molecule has 2 aromatic heterocycles. The van der Waals surface area contributed by atoms with Gasteiger partial charge in [-0.1, -0.05) is 50.6 Å². The number of nitrogens with one attached hydrogen (secondary N) is 4. The number of anilines is 3. The van der Waals surface area contributed by atoms with Crippen molar-refractivity contribution in [3.05, 3.63) is 77.4 Å². The molecule has 1 atom stereocenters. The molecule has 0 aliphatic rings. The third kappa shape index (κ3) is 8.04. The van der Waals surface area contributed by atoms with E-state index in [1.165, 1.54) is 7.11 Å². The molecule has 0 saturated carbocycles. The van der Waals surface area contributed by atoms with Crippen molar-refractivity contribution in [1.29, 1.82) is 0 Å². The van der Waals surface area contributed by atoms with Gasteiger partial charge in [0.15, 0.2) is 0 Å². The van der Waals surface area contributed by atoms with Crippen molar-refractivity contribution in [3.8, 4) is 21.7 Å². The van der Waals surface area contributed by atoms with Crippen LogP contribution < -0.4 is 21.3 Å². The van der Waals surface area contributed by atoms with Crippen molar-refractivity contribution in [2.24, 2.45) is 0 Å². The summed E-state index contributed by atoms with van der Waals surface area (Å²) in [5, 5.41) is 12.8. The Bertz CT molecular complexity index is 1510. The van der Waals surface area contributed by atoms with Crippen molar-refractivity contribution in [2.75, 3.05) is 29.6 Å². The van der Waals surface area contributed by atoms with Gasteiger partial charge in [-0.05, 0) is 55.8 Å². The van der Waals surface area contributed by atoms with Gasteiger partial charge in [0.2, 0.25) is 0 Å². The standard InChI is InChI=1S/C31H36N6O3S/c1-19-10-12-23(13-11-19)35-29(38)36-24-9-7-8-22(16-24)27-26(37-28(41-27)31(3,4)5)21-14-15-32-25(17-21)33-18-20(2)34-30(39)40-6/h7-17,20H,18H2,1-6H3,(H,32,33)(H,34,39)(H2,35,36,38)/t20-/m0/s1. The van der Waals surface area contributed by atoms with E-state index < -0.39 is 6.09 Å². The normalized spacial score (nSPS) is 11.9. The van der Waals surface area contributed by atoms with E-state index in [4.69, 9.17) is 4.98 Å². The molecule has 4 rings (SSSR count). The predicted octanol–water partition coefficient (Wildman–Crippen LogP) is 7.28. The average Bonchev–Trinajstić information content (AvgIpc) is 3.40. The van der Waals surface area contributed by atoms with Gasteiger partial charge in [-0.25, -0.2) is 19.6 Å². The molecule has 0 radical (unpaired) electrons. The van der Waals surface area contributed by atoms with Crippen LogP contribution in [0.2, 0.25) is 0 Å². The third-order valence-corrected chi connectivity index (χ3v) is 7.66. The van der Waals surface area contributed by atoms with E-state index >= 15 is 0 Å². The fourth-order valence-corrected chi connectivity index (χ4v) is 5.09. The number of hydrogen-bond donors (Lipinski definition) is 4. The second-order valence-corrected chi connectivity index (χ2v) is 11.8. The fourth-order valence-electron chi connectivity index (χ4n) is 3.94. The van der Waals surface area contributed by atoms with Crippen LogP contribution in [0, 0.1) is 6.92 Å². The minimum Gasteiger partial charge on any atom is -0.453 e. The maximum atomic E-state index is 12.7. The van der Waals surface area contributed by atoms with Gasteiger partial charge in [-0.15, -0.1) is 11.3 Å². The number of methoxy groups -OCH3 is 1. The summed E-state index contributed by atoms with van der Waals surface area (Å²) in [7, 11) is 1.34. The van der Waals surface area contributed by atoms with Crippen molar-refractivity contribution in [2.45, 2.75) is 46.1 Å². The van der Waals surface area contributed by atoms with Gasteiger partial charge in [-0.3, -0.25) is 0 Å². The molecule has 0 aliphatic heterocycles. The molecule has 4 N–H and O–H groups in total. The maximum Gasteiger partial charge on any atom is 0.407 e. The van der Waals surface area contributed by atoms with Gasteiger partial charge < -0.3 is 26.0 Å². The lowest BCUT2D eigenvalue weighted by Crippen LogP contribution is -2.37. The van der Waals surface area contributed by atoms with Crippen LogP contribution >= 0.6 is 11.3 Å². The van der Waals surface area contributed by atoms with E-state index in [-0.39, 0.29) is 17.5 Å². The van der Waals surface area contributed by atoms with Crippen LogP contribution in [0.3, 0.4) is 0 Å². The van der Waals surface area contributed by atoms with Gasteiger partial charge >= 0.3 is 12.1 Å². The monoisotopic (exact) mass is 572 g/mol. The van der Waals surface area contributed by atoms with Crippen LogP contribution in [0.1, 0.15) is 38.3 Å². The number of rotatable bonds is 8. The number of nitrogens with zero attached hydrogens (tertiary/aromatic N) is 2. The number of hydrogen-bond acceptors (Lipinski definition) is 7. The molecule has 3 amide bonds. The van der Waals surface area contributed by atoms with Crippen molar-refractivity contribution in [3.63, 3.8) is 0 Å². The predicted molar refractivity (Wildman–Crippen MR) is 167 cm³/mol. The summed E-state index contributed by atoms with van der Waals surface area (Å²) >= 11 is 1.64. The molecule has 0 fully saturated rings. The van der Waals surface area contributed by atoms with Crippen molar-refractivity contribution >= 4 is 40.7 Å². The van der Waals surface area contributed by atoms with Gasteiger partial charge in [0, 0.05) is 41.1 Å². The molecule has 2 heterocycles. The second-order valence-electron chi connectivity index (χ2n) is 10.8. The van der Waals surface area contributed by atoms with Crippen molar-refractivity contribution in [1.82, 2.24) is 15.3 Å². The highest BCUT2D eigenvalue weighted by molar-refractivity contribution is 7.15. The molecule has 0 aliphatic carbocycles. The summed E-state index contributed by atoms with van der Waals surface area (Å²) in [6.45, 7) is 10.8. The van der Waals surface area contributed by atoms with Crippen molar-refractivity contribution < 1.29 is 14.3 Å². The summed E-state index contributed by atoms with van der Waals surface area (Å²) in [6.07, 6.45) is 1.26.